The van der Waals surface area contributed by atoms with E-state index in [4.69, 9.17) is 4.74 Å². The van der Waals surface area contributed by atoms with Gasteiger partial charge >= 0.3 is 5.97 Å². The molecule has 88 valence electrons. The van der Waals surface area contributed by atoms with Gasteiger partial charge in [0, 0.05) is 6.42 Å². The molecule has 5 nitrogen and oxygen atoms in total. The van der Waals surface area contributed by atoms with Gasteiger partial charge in [-0.1, -0.05) is 6.07 Å². The maximum absolute atomic E-state index is 11.0. The molecule has 5 heteroatoms. The maximum Gasteiger partial charge on any atom is 0.335 e. The lowest BCUT2D eigenvalue weighted by Crippen LogP contribution is -2.24. The smallest absolute Gasteiger partial charge is 0.335 e. The summed E-state index contributed by atoms with van der Waals surface area (Å²) in [5, 5.41) is 18.9. The molecular weight excluding hydrogens is 212 g/mol. The Kier molecular flexibility index (Phi) is 4.13. The molecular formula is C11H14O5. The number of carbonyl (C=O) groups excluding carboxylic acids is 1. The monoisotopic (exact) mass is 226 g/mol. The molecule has 0 fully saturated rings. The molecule has 1 aromatic carbocycles. The first-order valence-electron chi connectivity index (χ1n) is 4.70. The number of rotatable bonds is 4. The van der Waals surface area contributed by atoms with E-state index in [1.165, 1.54) is 20.3 Å². The first kappa shape index (κ1) is 12.3. The Morgan fingerprint density at radius 3 is 2.62 bits per heavy atom. The van der Waals surface area contributed by atoms with Crippen molar-refractivity contribution in [3.63, 3.8) is 0 Å². The Labute approximate surface area is 93.2 Å². The molecule has 0 heterocycles. The molecule has 0 aliphatic heterocycles. The number of hydrogen-bond acceptors (Lipinski definition) is 5. The van der Waals surface area contributed by atoms with Crippen LogP contribution >= 0.6 is 0 Å². The lowest BCUT2D eigenvalue weighted by atomic mass is 10.1. The zero-order chi connectivity index (χ0) is 12.1. The summed E-state index contributed by atoms with van der Waals surface area (Å²) in [4.78, 5) is 11.0. The fourth-order valence-corrected chi connectivity index (χ4v) is 1.31. The number of benzene rings is 1. The van der Waals surface area contributed by atoms with E-state index in [-0.39, 0.29) is 12.2 Å². The Morgan fingerprint density at radius 1 is 1.44 bits per heavy atom. The van der Waals surface area contributed by atoms with Crippen molar-refractivity contribution in [3.05, 3.63) is 23.8 Å². The minimum Gasteiger partial charge on any atom is -0.504 e. The van der Waals surface area contributed by atoms with E-state index in [9.17, 15) is 15.0 Å². The SMILES string of the molecule is COC(=O)[C@@H](O)Cc1ccc(OC)c(O)c1. The van der Waals surface area contributed by atoms with Gasteiger partial charge in [0.2, 0.25) is 0 Å². The van der Waals surface area contributed by atoms with Crippen molar-refractivity contribution >= 4 is 5.97 Å². The van der Waals surface area contributed by atoms with Crippen molar-refractivity contribution in [1.82, 2.24) is 0 Å². The topological polar surface area (TPSA) is 76.0 Å². The third kappa shape index (κ3) is 2.87. The van der Waals surface area contributed by atoms with Gasteiger partial charge in [-0.15, -0.1) is 0 Å². The summed E-state index contributed by atoms with van der Waals surface area (Å²) in [6.07, 6.45) is -1.14. The summed E-state index contributed by atoms with van der Waals surface area (Å²) < 4.78 is 9.25. The molecule has 0 saturated carbocycles. The number of phenolic OH excluding ortho intramolecular Hbond substituents is 1. The molecule has 2 N–H and O–H groups in total. The van der Waals surface area contributed by atoms with Gasteiger partial charge in [-0.2, -0.15) is 0 Å². The van der Waals surface area contributed by atoms with Crippen LogP contribution < -0.4 is 4.74 Å². The third-order valence-electron chi connectivity index (χ3n) is 2.15. The lowest BCUT2D eigenvalue weighted by molar-refractivity contribution is -0.150. The van der Waals surface area contributed by atoms with Crippen LogP contribution in [0, 0.1) is 0 Å². The van der Waals surface area contributed by atoms with E-state index in [2.05, 4.69) is 4.74 Å². The number of aliphatic hydroxyl groups excluding tert-OH is 1. The zero-order valence-corrected chi connectivity index (χ0v) is 9.14. The second kappa shape index (κ2) is 5.37. The maximum atomic E-state index is 11.0. The van der Waals surface area contributed by atoms with Crippen molar-refractivity contribution in [3.8, 4) is 11.5 Å². The number of carbonyl (C=O) groups is 1. The summed E-state index contributed by atoms with van der Waals surface area (Å²) in [5.74, 6) is -0.385. The van der Waals surface area contributed by atoms with E-state index in [0.29, 0.717) is 11.3 Å². The van der Waals surface area contributed by atoms with Gasteiger partial charge in [-0.05, 0) is 17.7 Å². The van der Waals surface area contributed by atoms with E-state index >= 15 is 0 Å². The van der Waals surface area contributed by atoms with Crippen molar-refractivity contribution in [2.75, 3.05) is 14.2 Å². The molecule has 0 saturated heterocycles. The van der Waals surface area contributed by atoms with Crippen LogP contribution in [0.15, 0.2) is 18.2 Å². The Bertz CT molecular complexity index is 375. The van der Waals surface area contributed by atoms with Crippen molar-refractivity contribution in [2.24, 2.45) is 0 Å². The fourth-order valence-electron chi connectivity index (χ4n) is 1.31. The normalized spacial score (nSPS) is 11.9. The number of ether oxygens (including phenoxy) is 2. The number of esters is 1. The molecule has 1 atom stereocenters. The highest BCUT2D eigenvalue weighted by atomic mass is 16.5. The van der Waals surface area contributed by atoms with Crippen LogP contribution in [0.3, 0.4) is 0 Å². The minimum absolute atomic E-state index is 0.0305. The van der Waals surface area contributed by atoms with Crippen LogP contribution in [-0.2, 0) is 16.0 Å². The largest absolute Gasteiger partial charge is 0.504 e. The third-order valence-corrected chi connectivity index (χ3v) is 2.15. The van der Waals surface area contributed by atoms with Gasteiger partial charge in [0.05, 0.1) is 14.2 Å². The molecule has 1 aromatic rings. The lowest BCUT2D eigenvalue weighted by Gasteiger charge is -2.09. The van der Waals surface area contributed by atoms with Crippen molar-refractivity contribution in [2.45, 2.75) is 12.5 Å². The number of methoxy groups -OCH3 is 2. The molecule has 1 rings (SSSR count). The molecule has 0 amide bonds. The molecule has 0 unspecified atom stereocenters. The highest BCUT2D eigenvalue weighted by Gasteiger charge is 2.16. The van der Waals surface area contributed by atoms with Gasteiger partial charge < -0.3 is 19.7 Å². The molecule has 0 aliphatic carbocycles. The standard InChI is InChI=1S/C11H14O5/c1-15-10-4-3-7(5-8(10)12)6-9(13)11(14)16-2/h3-5,9,12-13H,6H2,1-2H3/t9-/m0/s1. The molecule has 0 bridgehead atoms. The van der Waals surface area contributed by atoms with Gasteiger partial charge in [0.25, 0.3) is 0 Å². The summed E-state index contributed by atoms with van der Waals surface area (Å²) in [6, 6.07) is 4.66. The molecule has 0 aromatic heterocycles. The fraction of sp³-hybridized carbons (Fsp3) is 0.364. The Morgan fingerprint density at radius 2 is 2.12 bits per heavy atom. The zero-order valence-electron chi connectivity index (χ0n) is 9.14. The Hall–Kier alpha value is -1.75. The minimum atomic E-state index is -1.22. The average molecular weight is 226 g/mol. The summed E-state index contributed by atoms with van der Waals surface area (Å²) in [7, 11) is 2.65. The van der Waals surface area contributed by atoms with Gasteiger partial charge in [-0.3, -0.25) is 0 Å². The first-order chi connectivity index (χ1) is 7.58. The summed E-state index contributed by atoms with van der Waals surface area (Å²) >= 11 is 0. The quantitative estimate of drug-likeness (QED) is 0.730. The van der Waals surface area contributed by atoms with Crippen LogP contribution in [0.2, 0.25) is 0 Å². The highest BCUT2D eigenvalue weighted by molar-refractivity contribution is 5.74. The van der Waals surface area contributed by atoms with Crippen LogP contribution in [0.1, 0.15) is 5.56 Å². The van der Waals surface area contributed by atoms with Crippen molar-refractivity contribution in [1.29, 1.82) is 0 Å². The van der Waals surface area contributed by atoms with E-state index in [1.807, 2.05) is 0 Å². The molecule has 0 radical (unpaired) electrons. The van der Waals surface area contributed by atoms with Crippen LogP contribution in [0.5, 0.6) is 11.5 Å². The van der Waals surface area contributed by atoms with Crippen LogP contribution in [0.25, 0.3) is 0 Å². The summed E-state index contributed by atoms with van der Waals surface area (Å²) in [5.41, 5.74) is 0.621. The average Bonchev–Trinajstić information content (AvgIpc) is 2.28. The van der Waals surface area contributed by atoms with Gasteiger partial charge in [0.1, 0.15) is 0 Å². The Balaban J connectivity index is 2.75. The molecule has 0 spiro atoms. The van der Waals surface area contributed by atoms with E-state index in [1.54, 1.807) is 12.1 Å². The number of aliphatic hydroxyl groups is 1. The number of hydrogen-bond donors (Lipinski definition) is 2. The second-order valence-electron chi connectivity index (χ2n) is 3.25. The van der Waals surface area contributed by atoms with Crippen molar-refractivity contribution < 1.29 is 24.5 Å². The molecule has 16 heavy (non-hydrogen) atoms. The first-order valence-corrected chi connectivity index (χ1v) is 4.70. The predicted molar refractivity (Wildman–Crippen MR) is 56.4 cm³/mol. The van der Waals surface area contributed by atoms with Gasteiger partial charge in [0.15, 0.2) is 17.6 Å². The highest BCUT2D eigenvalue weighted by Crippen LogP contribution is 2.26. The predicted octanol–water partition coefficient (Wildman–Crippen LogP) is 0.477. The number of phenols is 1. The van der Waals surface area contributed by atoms with Crippen LogP contribution in [-0.4, -0.2) is 36.5 Å². The van der Waals surface area contributed by atoms with E-state index in [0.717, 1.165) is 0 Å². The van der Waals surface area contributed by atoms with E-state index < -0.39 is 12.1 Å². The second-order valence-corrected chi connectivity index (χ2v) is 3.25. The molecule has 0 aliphatic rings. The van der Waals surface area contributed by atoms with Crippen LogP contribution in [0.4, 0.5) is 0 Å². The van der Waals surface area contributed by atoms with Gasteiger partial charge in [-0.25, -0.2) is 4.79 Å². The summed E-state index contributed by atoms with van der Waals surface area (Å²) in [6.45, 7) is 0. The number of aromatic hydroxyl groups is 1.